The summed E-state index contributed by atoms with van der Waals surface area (Å²) in [6, 6.07) is 9.62. The first kappa shape index (κ1) is 21.9. The van der Waals surface area contributed by atoms with Crippen LogP contribution in [-0.2, 0) is 14.3 Å². The third-order valence-corrected chi connectivity index (χ3v) is 5.63. The summed E-state index contributed by atoms with van der Waals surface area (Å²) in [5, 5.41) is 0.643. The summed E-state index contributed by atoms with van der Waals surface area (Å²) in [4.78, 5) is 27.4. The van der Waals surface area contributed by atoms with Gasteiger partial charge < -0.3 is 14.2 Å². The molecule has 3 rings (SSSR count). The Balaban J connectivity index is 2.14. The number of benzene rings is 1. The van der Waals surface area contributed by atoms with E-state index >= 15 is 0 Å². The molecule has 2 heterocycles. The third kappa shape index (κ3) is 3.82. The average molecular weight is 427 g/mol. The predicted molar refractivity (Wildman–Crippen MR) is 119 cm³/mol. The molecule has 0 fully saturated rings. The molecule has 1 amide bonds. The molecule has 0 saturated heterocycles. The summed E-state index contributed by atoms with van der Waals surface area (Å²) >= 11 is 6.41. The van der Waals surface area contributed by atoms with Crippen molar-refractivity contribution >= 4 is 29.6 Å². The summed E-state index contributed by atoms with van der Waals surface area (Å²) in [6.45, 7) is 10.4. The number of ether oxygens (including phenoxy) is 1. The maximum absolute atomic E-state index is 13.2. The first-order valence-corrected chi connectivity index (χ1v) is 10.3. The van der Waals surface area contributed by atoms with E-state index < -0.39 is 5.97 Å². The van der Waals surface area contributed by atoms with Crippen molar-refractivity contribution in [2.75, 3.05) is 13.7 Å². The molecule has 1 aromatic heterocycles. The van der Waals surface area contributed by atoms with Crippen molar-refractivity contribution in [3.63, 3.8) is 0 Å². The summed E-state index contributed by atoms with van der Waals surface area (Å²) < 4.78 is 7.03. The first-order valence-electron chi connectivity index (χ1n) is 9.94. The number of rotatable bonds is 5. The fraction of sp³-hybridized carbons (Fsp3) is 0.333. The van der Waals surface area contributed by atoms with Crippen LogP contribution in [0.4, 0.5) is 0 Å². The van der Waals surface area contributed by atoms with Gasteiger partial charge in [0.05, 0.1) is 29.0 Å². The molecule has 1 aromatic carbocycles. The van der Waals surface area contributed by atoms with Crippen molar-refractivity contribution in [2.24, 2.45) is 5.92 Å². The molecule has 0 spiro atoms. The Kier molecular flexibility index (Phi) is 6.22. The van der Waals surface area contributed by atoms with Crippen molar-refractivity contribution in [3.8, 4) is 5.69 Å². The Morgan fingerprint density at radius 1 is 1.20 bits per heavy atom. The molecule has 0 atom stereocenters. The van der Waals surface area contributed by atoms with Crippen LogP contribution in [0.3, 0.4) is 0 Å². The molecule has 0 aliphatic carbocycles. The van der Waals surface area contributed by atoms with Crippen molar-refractivity contribution in [3.05, 3.63) is 69.1 Å². The number of esters is 1. The van der Waals surface area contributed by atoms with Crippen LogP contribution in [-0.4, -0.2) is 35.0 Å². The molecule has 6 heteroatoms. The predicted octanol–water partition coefficient (Wildman–Crippen LogP) is 5.08. The van der Waals surface area contributed by atoms with Gasteiger partial charge in [-0.05, 0) is 56.5 Å². The number of aromatic nitrogens is 1. The molecule has 0 saturated carbocycles. The Hall–Kier alpha value is -2.79. The molecule has 1 aliphatic heterocycles. The van der Waals surface area contributed by atoms with Crippen LogP contribution in [0, 0.1) is 19.8 Å². The van der Waals surface area contributed by atoms with Crippen LogP contribution in [0.5, 0.6) is 0 Å². The molecule has 158 valence electrons. The highest BCUT2D eigenvalue weighted by molar-refractivity contribution is 6.32. The minimum Gasteiger partial charge on any atom is -0.465 e. The number of para-hydroxylation sites is 1. The smallest absolute Gasteiger partial charge is 0.340 e. The van der Waals surface area contributed by atoms with Crippen molar-refractivity contribution in [2.45, 2.75) is 34.6 Å². The van der Waals surface area contributed by atoms with Gasteiger partial charge in [-0.25, -0.2) is 4.79 Å². The Bertz CT molecular complexity index is 1080. The molecule has 1 aliphatic rings. The quantitative estimate of drug-likeness (QED) is 0.495. The summed E-state index contributed by atoms with van der Waals surface area (Å²) in [5.74, 6) is -0.408. The molecular weight excluding hydrogens is 400 g/mol. The van der Waals surface area contributed by atoms with Crippen molar-refractivity contribution in [1.82, 2.24) is 9.47 Å². The van der Waals surface area contributed by atoms with Gasteiger partial charge in [0.2, 0.25) is 0 Å². The van der Waals surface area contributed by atoms with Gasteiger partial charge in [0.1, 0.15) is 0 Å². The third-order valence-electron chi connectivity index (χ3n) is 5.31. The second-order valence-corrected chi connectivity index (χ2v) is 8.34. The lowest BCUT2D eigenvalue weighted by molar-refractivity contribution is -0.136. The summed E-state index contributed by atoms with van der Waals surface area (Å²) in [7, 11) is 1.33. The zero-order valence-corrected chi connectivity index (χ0v) is 19.0. The van der Waals surface area contributed by atoms with E-state index in [4.69, 9.17) is 16.3 Å². The number of aryl methyl sites for hydroxylation is 1. The highest BCUT2D eigenvalue weighted by atomic mass is 35.5. The van der Waals surface area contributed by atoms with Crippen molar-refractivity contribution in [1.29, 1.82) is 0 Å². The lowest BCUT2D eigenvalue weighted by Gasteiger charge is -2.19. The zero-order chi connectivity index (χ0) is 22.2. The van der Waals surface area contributed by atoms with Gasteiger partial charge >= 0.3 is 5.97 Å². The SMILES string of the molecule is COC(=O)C1=C(C)N(CC(C)C)C(=O)/C1=C\c1cc(C)n(-c2ccccc2Cl)c1C. The largest absolute Gasteiger partial charge is 0.465 e. The molecule has 0 radical (unpaired) electrons. The highest BCUT2D eigenvalue weighted by Gasteiger charge is 2.37. The van der Waals surface area contributed by atoms with Gasteiger partial charge in [-0.2, -0.15) is 0 Å². The molecular formula is C24H27ClN2O3. The fourth-order valence-electron chi connectivity index (χ4n) is 3.91. The van der Waals surface area contributed by atoms with Crippen LogP contribution >= 0.6 is 11.6 Å². The normalized spacial score (nSPS) is 15.7. The molecule has 0 unspecified atom stereocenters. The summed E-state index contributed by atoms with van der Waals surface area (Å²) in [6.07, 6.45) is 1.79. The maximum Gasteiger partial charge on any atom is 0.340 e. The standard InChI is InChI=1S/C24H27ClN2O3/c1-14(2)13-26-17(5)22(24(29)30-6)19(23(26)28)12-18-11-15(3)27(16(18)4)21-10-8-7-9-20(21)25/h7-12,14H,13H2,1-6H3/b19-12-. The van der Waals surface area contributed by atoms with E-state index in [2.05, 4.69) is 4.57 Å². The number of carbonyl (C=O) groups is 2. The Labute approximate surface area is 182 Å². The van der Waals surface area contributed by atoms with Gasteiger partial charge in [0.25, 0.3) is 5.91 Å². The molecule has 5 nitrogen and oxygen atoms in total. The number of nitrogens with zero attached hydrogens (tertiary/aromatic N) is 2. The van der Waals surface area contributed by atoms with E-state index in [9.17, 15) is 9.59 Å². The van der Waals surface area contributed by atoms with E-state index in [1.54, 1.807) is 17.9 Å². The second-order valence-electron chi connectivity index (χ2n) is 7.93. The monoisotopic (exact) mass is 426 g/mol. The molecule has 0 bridgehead atoms. The fourth-order valence-corrected chi connectivity index (χ4v) is 4.13. The number of hydrogen-bond donors (Lipinski definition) is 0. The molecule has 2 aromatic rings. The van der Waals surface area contributed by atoms with E-state index in [0.717, 1.165) is 22.6 Å². The lowest BCUT2D eigenvalue weighted by Crippen LogP contribution is -2.28. The van der Waals surface area contributed by atoms with Gasteiger partial charge in [-0.3, -0.25) is 4.79 Å². The average Bonchev–Trinajstić information content (AvgIpc) is 3.09. The van der Waals surface area contributed by atoms with E-state index in [0.29, 0.717) is 28.4 Å². The van der Waals surface area contributed by atoms with E-state index in [1.807, 2.05) is 58.0 Å². The van der Waals surface area contributed by atoms with E-state index in [-0.39, 0.29) is 11.8 Å². The number of allylic oxidation sites excluding steroid dienone is 1. The lowest BCUT2D eigenvalue weighted by atomic mass is 10.0. The van der Waals surface area contributed by atoms with Crippen LogP contribution in [0.2, 0.25) is 5.02 Å². The van der Waals surface area contributed by atoms with Crippen molar-refractivity contribution < 1.29 is 14.3 Å². The van der Waals surface area contributed by atoms with Gasteiger partial charge in [0, 0.05) is 23.6 Å². The van der Waals surface area contributed by atoms with Crippen LogP contribution < -0.4 is 0 Å². The number of amides is 1. The van der Waals surface area contributed by atoms with Gasteiger partial charge in [-0.1, -0.05) is 37.6 Å². The van der Waals surface area contributed by atoms with Gasteiger partial charge in [0.15, 0.2) is 0 Å². The molecule has 30 heavy (non-hydrogen) atoms. The summed E-state index contributed by atoms with van der Waals surface area (Å²) in [5.41, 5.74) is 4.97. The van der Waals surface area contributed by atoms with Crippen LogP contribution in [0.1, 0.15) is 37.7 Å². The number of halogens is 1. The number of methoxy groups -OCH3 is 1. The Morgan fingerprint density at radius 2 is 1.87 bits per heavy atom. The Morgan fingerprint density at radius 3 is 2.47 bits per heavy atom. The number of carbonyl (C=O) groups excluding carboxylic acids is 2. The zero-order valence-electron chi connectivity index (χ0n) is 18.2. The second kappa shape index (κ2) is 8.52. The molecule has 0 N–H and O–H groups in total. The maximum atomic E-state index is 13.2. The minimum absolute atomic E-state index is 0.177. The first-order chi connectivity index (χ1) is 14.2. The highest BCUT2D eigenvalue weighted by Crippen LogP contribution is 2.34. The minimum atomic E-state index is -0.502. The van der Waals surface area contributed by atoms with Crippen LogP contribution in [0.15, 0.2) is 47.2 Å². The topological polar surface area (TPSA) is 51.5 Å². The number of hydrogen-bond acceptors (Lipinski definition) is 3. The van der Waals surface area contributed by atoms with Crippen LogP contribution in [0.25, 0.3) is 11.8 Å². The van der Waals surface area contributed by atoms with E-state index in [1.165, 1.54) is 7.11 Å². The van der Waals surface area contributed by atoms with Gasteiger partial charge in [-0.15, -0.1) is 0 Å².